The number of benzene rings is 1. The van der Waals surface area contributed by atoms with Gasteiger partial charge < -0.3 is 4.90 Å². The molecule has 1 aliphatic rings. The Morgan fingerprint density at radius 2 is 1.79 bits per heavy atom. The number of amides is 1. The maximum atomic E-state index is 13.2. The van der Waals surface area contributed by atoms with Crippen molar-refractivity contribution in [3.05, 3.63) is 46.8 Å². The van der Waals surface area contributed by atoms with Crippen LogP contribution in [-0.2, 0) is 12.8 Å². The Morgan fingerprint density at radius 1 is 1.12 bits per heavy atom. The normalized spacial score (nSPS) is 13.6. The summed E-state index contributed by atoms with van der Waals surface area (Å²) < 4.78 is 2.00. The summed E-state index contributed by atoms with van der Waals surface area (Å²) in [6, 6.07) is 8.57. The lowest BCUT2D eigenvalue weighted by Crippen LogP contribution is -2.42. The third-order valence-corrected chi connectivity index (χ3v) is 4.82. The molecule has 0 spiro atoms. The van der Waals surface area contributed by atoms with E-state index in [1.54, 1.807) is 0 Å². The van der Waals surface area contributed by atoms with Gasteiger partial charge in [-0.25, -0.2) is 4.68 Å². The molecule has 0 radical (unpaired) electrons. The highest BCUT2D eigenvalue weighted by Crippen LogP contribution is 2.30. The molecule has 1 amide bonds. The monoisotopic (exact) mass is 325 g/mol. The number of hydrogen-bond donors (Lipinski definition) is 0. The molecular formula is C20H27N3O. The first-order chi connectivity index (χ1) is 11.4. The number of para-hydroxylation sites is 1. The Hall–Kier alpha value is -2.10. The first-order valence-electron chi connectivity index (χ1n) is 8.91. The Bertz CT molecular complexity index is 750. The Balaban J connectivity index is 2.10. The van der Waals surface area contributed by atoms with Gasteiger partial charge in [0.2, 0.25) is 0 Å². The number of rotatable bonds is 4. The second-order valence-electron chi connectivity index (χ2n) is 7.23. The van der Waals surface area contributed by atoms with Crippen LogP contribution in [0.4, 0.5) is 0 Å². The van der Waals surface area contributed by atoms with Crippen LogP contribution in [-0.4, -0.2) is 32.7 Å². The first-order valence-corrected chi connectivity index (χ1v) is 8.91. The molecule has 4 nitrogen and oxygen atoms in total. The molecule has 0 N–H and O–H groups in total. The van der Waals surface area contributed by atoms with Crippen molar-refractivity contribution in [2.45, 2.75) is 66.0 Å². The highest BCUT2D eigenvalue weighted by molar-refractivity contribution is 5.94. The molecule has 0 fully saturated rings. The Morgan fingerprint density at radius 3 is 2.42 bits per heavy atom. The summed E-state index contributed by atoms with van der Waals surface area (Å²) in [6.07, 6.45) is 3.04. The van der Waals surface area contributed by atoms with E-state index in [2.05, 4.69) is 46.8 Å². The van der Waals surface area contributed by atoms with Crippen molar-refractivity contribution in [3.63, 3.8) is 0 Å². The number of fused-ring (bicyclic) bond motifs is 1. The summed E-state index contributed by atoms with van der Waals surface area (Å²) in [6.45, 7) is 10.4. The summed E-state index contributed by atoms with van der Waals surface area (Å²) in [5.41, 5.74) is 5.26. The standard InChI is InChI=1S/C20H27N3O/c1-13(2)22(14(3)4)20(24)19-16-10-8-12-18(16)23(21-19)17-11-7-6-9-15(17)5/h6-7,9,11,13-14H,8,10,12H2,1-5H3. The molecule has 3 rings (SSSR count). The van der Waals surface area contributed by atoms with Gasteiger partial charge in [-0.1, -0.05) is 18.2 Å². The number of aromatic nitrogens is 2. The van der Waals surface area contributed by atoms with Crippen molar-refractivity contribution in [3.8, 4) is 5.69 Å². The van der Waals surface area contributed by atoms with Crippen LogP contribution in [0.15, 0.2) is 24.3 Å². The van der Waals surface area contributed by atoms with Gasteiger partial charge in [0.25, 0.3) is 5.91 Å². The molecule has 1 heterocycles. The largest absolute Gasteiger partial charge is 0.332 e. The van der Waals surface area contributed by atoms with Crippen LogP contribution in [0.3, 0.4) is 0 Å². The molecular weight excluding hydrogens is 298 g/mol. The lowest BCUT2D eigenvalue weighted by molar-refractivity contribution is 0.0636. The van der Waals surface area contributed by atoms with Crippen molar-refractivity contribution in [2.24, 2.45) is 0 Å². The zero-order chi connectivity index (χ0) is 17.4. The van der Waals surface area contributed by atoms with Crippen LogP contribution < -0.4 is 0 Å². The van der Waals surface area contributed by atoms with Crippen LogP contribution in [0.2, 0.25) is 0 Å². The fraction of sp³-hybridized carbons (Fsp3) is 0.500. The molecule has 0 aliphatic heterocycles. The number of carbonyl (C=O) groups excluding carboxylic acids is 1. The predicted molar refractivity (Wildman–Crippen MR) is 96.8 cm³/mol. The van der Waals surface area contributed by atoms with Crippen LogP contribution in [0.5, 0.6) is 0 Å². The van der Waals surface area contributed by atoms with Gasteiger partial charge in [-0.05, 0) is 65.5 Å². The lowest BCUT2D eigenvalue weighted by atomic mass is 10.1. The Kier molecular flexibility index (Phi) is 4.48. The molecule has 0 bridgehead atoms. The van der Waals surface area contributed by atoms with Crippen LogP contribution in [0, 0.1) is 6.92 Å². The van der Waals surface area contributed by atoms with Crippen molar-refractivity contribution in [1.82, 2.24) is 14.7 Å². The molecule has 4 heteroatoms. The van der Waals surface area contributed by atoms with E-state index in [-0.39, 0.29) is 18.0 Å². The van der Waals surface area contributed by atoms with Crippen molar-refractivity contribution in [1.29, 1.82) is 0 Å². The number of hydrogen-bond acceptors (Lipinski definition) is 2. The maximum Gasteiger partial charge on any atom is 0.275 e. The molecule has 0 atom stereocenters. The van der Waals surface area contributed by atoms with Gasteiger partial charge in [-0.2, -0.15) is 5.10 Å². The van der Waals surface area contributed by atoms with E-state index in [9.17, 15) is 4.79 Å². The van der Waals surface area contributed by atoms with E-state index >= 15 is 0 Å². The third kappa shape index (κ3) is 2.74. The summed E-state index contributed by atoms with van der Waals surface area (Å²) in [4.78, 5) is 15.1. The van der Waals surface area contributed by atoms with Crippen LogP contribution in [0.25, 0.3) is 5.69 Å². The molecule has 128 valence electrons. The van der Waals surface area contributed by atoms with Crippen LogP contribution in [0.1, 0.15) is 61.4 Å². The molecule has 0 saturated heterocycles. The molecule has 2 aromatic rings. The van der Waals surface area contributed by atoms with E-state index in [0.29, 0.717) is 5.69 Å². The molecule has 24 heavy (non-hydrogen) atoms. The predicted octanol–water partition coefficient (Wildman–Crippen LogP) is 3.93. The summed E-state index contributed by atoms with van der Waals surface area (Å²) >= 11 is 0. The summed E-state index contributed by atoms with van der Waals surface area (Å²) in [5.74, 6) is 0.0606. The van der Waals surface area contributed by atoms with E-state index in [1.165, 1.54) is 11.3 Å². The fourth-order valence-electron chi connectivity index (χ4n) is 3.80. The van der Waals surface area contributed by atoms with Crippen molar-refractivity contribution >= 4 is 5.91 Å². The quantitative estimate of drug-likeness (QED) is 0.854. The highest BCUT2D eigenvalue weighted by atomic mass is 16.2. The van der Waals surface area contributed by atoms with E-state index in [0.717, 1.165) is 30.5 Å². The minimum atomic E-state index is 0.0606. The van der Waals surface area contributed by atoms with E-state index < -0.39 is 0 Å². The maximum absolute atomic E-state index is 13.2. The van der Waals surface area contributed by atoms with Gasteiger partial charge in [-0.3, -0.25) is 4.79 Å². The smallest absolute Gasteiger partial charge is 0.275 e. The lowest BCUT2D eigenvalue weighted by Gasteiger charge is -2.30. The molecule has 1 aromatic carbocycles. The van der Waals surface area contributed by atoms with E-state index in [4.69, 9.17) is 5.10 Å². The second-order valence-corrected chi connectivity index (χ2v) is 7.23. The minimum Gasteiger partial charge on any atom is -0.332 e. The average molecular weight is 325 g/mol. The SMILES string of the molecule is Cc1ccccc1-n1nc(C(=O)N(C(C)C)C(C)C)c2c1CCC2. The topological polar surface area (TPSA) is 38.1 Å². The van der Waals surface area contributed by atoms with Gasteiger partial charge in [0.05, 0.1) is 5.69 Å². The van der Waals surface area contributed by atoms with Crippen molar-refractivity contribution in [2.75, 3.05) is 0 Å². The molecule has 1 aliphatic carbocycles. The number of carbonyl (C=O) groups is 1. The van der Waals surface area contributed by atoms with Crippen LogP contribution >= 0.6 is 0 Å². The average Bonchev–Trinajstić information content (AvgIpc) is 3.09. The van der Waals surface area contributed by atoms with Gasteiger partial charge in [0.15, 0.2) is 5.69 Å². The summed E-state index contributed by atoms with van der Waals surface area (Å²) in [5, 5.41) is 4.77. The minimum absolute atomic E-state index is 0.0606. The zero-order valence-electron chi connectivity index (χ0n) is 15.3. The van der Waals surface area contributed by atoms with Gasteiger partial charge in [-0.15, -0.1) is 0 Å². The van der Waals surface area contributed by atoms with E-state index in [1.807, 2.05) is 21.7 Å². The second kappa shape index (κ2) is 6.42. The highest BCUT2D eigenvalue weighted by Gasteiger charge is 2.31. The number of aryl methyl sites for hydroxylation is 1. The third-order valence-electron chi connectivity index (χ3n) is 4.82. The zero-order valence-corrected chi connectivity index (χ0v) is 15.3. The van der Waals surface area contributed by atoms with Crippen molar-refractivity contribution < 1.29 is 4.79 Å². The van der Waals surface area contributed by atoms with Gasteiger partial charge in [0.1, 0.15) is 0 Å². The summed E-state index contributed by atoms with van der Waals surface area (Å²) in [7, 11) is 0. The first kappa shape index (κ1) is 16.7. The van der Waals surface area contributed by atoms with Gasteiger partial charge >= 0.3 is 0 Å². The van der Waals surface area contributed by atoms with Gasteiger partial charge in [0, 0.05) is 23.3 Å². The molecule has 0 unspecified atom stereocenters. The Labute approximate surface area is 144 Å². The molecule has 0 saturated carbocycles. The molecule has 1 aromatic heterocycles. The number of nitrogens with zero attached hydrogens (tertiary/aromatic N) is 3. The fourth-order valence-corrected chi connectivity index (χ4v) is 3.80.